The average molecular weight is 211 g/mol. The molecule has 0 N–H and O–H groups in total. The lowest BCUT2D eigenvalue weighted by atomic mass is 9.76. The summed E-state index contributed by atoms with van der Waals surface area (Å²) in [5.74, 6) is 2.30. The molecule has 1 fully saturated rings. The highest BCUT2D eigenvalue weighted by molar-refractivity contribution is 5.78. The fourth-order valence-electron chi connectivity index (χ4n) is 2.50. The molecule has 2 nitrogen and oxygen atoms in total. The maximum Gasteiger partial charge on any atom is 0.225 e. The normalized spacial score (nSPS) is 26.7. The Morgan fingerprint density at radius 3 is 2.20 bits per heavy atom. The molecular weight excluding hydrogens is 186 g/mol. The Morgan fingerprint density at radius 2 is 1.80 bits per heavy atom. The SMILES string of the molecule is CCN(C)C(=O)C1CCC(C(C)C)CC1. The molecule has 0 heterocycles. The highest BCUT2D eigenvalue weighted by atomic mass is 16.2. The summed E-state index contributed by atoms with van der Waals surface area (Å²) in [6.45, 7) is 7.47. The predicted octanol–water partition coefficient (Wildman–Crippen LogP) is 2.93. The molecule has 15 heavy (non-hydrogen) atoms. The van der Waals surface area contributed by atoms with E-state index < -0.39 is 0 Å². The van der Waals surface area contributed by atoms with Crippen molar-refractivity contribution in [2.45, 2.75) is 46.5 Å². The van der Waals surface area contributed by atoms with E-state index in [1.54, 1.807) is 0 Å². The third-order valence-electron chi connectivity index (χ3n) is 3.91. The molecule has 0 aromatic heterocycles. The van der Waals surface area contributed by atoms with Gasteiger partial charge >= 0.3 is 0 Å². The summed E-state index contributed by atoms with van der Waals surface area (Å²) in [4.78, 5) is 13.8. The number of carbonyl (C=O) groups is 1. The lowest BCUT2D eigenvalue weighted by molar-refractivity contribution is -0.135. The van der Waals surface area contributed by atoms with Crippen LogP contribution in [0, 0.1) is 17.8 Å². The number of amides is 1. The number of nitrogens with zero attached hydrogens (tertiary/aromatic N) is 1. The monoisotopic (exact) mass is 211 g/mol. The molecule has 1 aliphatic carbocycles. The van der Waals surface area contributed by atoms with E-state index in [1.807, 2.05) is 18.9 Å². The van der Waals surface area contributed by atoms with Crippen LogP contribution in [0.25, 0.3) is 0 Å². The molecule has 1 aliphatic rings. The molecular formula is C13H25NO. The summed E-state index contributed by atoms with van der Waals surface area (Å²) < 4.78 is 0. The van der Waals surface area contributed by atoms with Gasteiger partial charge in [-0.1, -0.05) is 13.8 Å². The Balaban J connectivity index is 2.40. The third kappa shape index (κ3) is 3.22. The zero-order chi connectivity index (χ0) is 11.4. The van der Waals surface area contributed by atoms with Gasteiger partial charge in [-0.25, -0.2) is 0 Å². The van der Waals surface area contributed by atoms with E-state index in [1.165, 1.54) is 12.8 Å². The molecule has 0 unspecified atom stereocenters. The van der Waals surface area contributed by atoms with Crippen molar-refractivity contribution >= 4 is 5.91 Å². The van der Waals surface area contributed by atoms with Gasteiger partial charge in [0.15, 0.2) is 0 Å². The molecule has 0 spiro atoms. The average Bonchev–Trinajstić information content (AvgIpc) is 2.27. The Labute approximate surface area is 94.0 Å². The number of hydrogen-bond acceptors (Lipinski definition) is 1. The van der Waals surface area contributed by atoms with Gasteiger partial charge in [0.05, 0.1) is 0 Å². The molecule has 2 heteroatoms. The highest BCUT2D eigenvalue weighted by Crippen LogP contribution is 2.33. The third-order valence-corrected chi connectivity index (χ3v) is 3.91. The van der Waals surface area contributed by atoms with E-state index in [4.69, 9.17) is 0 Å². The van der Waals surface area contributed by atoms with Gasteiger partial charge in [0, 0.05) is 19.5 Å². The first-order valence-corrected chi connectivity index (χ1v) is 6.31. The molecule has 88 valence electrons. The van der Waals surface area contributed by atoms with Crippen LogP contribution < -0.4 is 0 Å². The van der Waals surface area contributed by atoms with Crippen LogP contribution in [0.3, 0.4) is 0 Å². The summed E-state index contributed by atoms with van der Waals surface area (Å²) in [6, 6.07) is 0. The summed E-state index contributed by atoms with van der Waals surface area (Å²) in [7, 11) is 1.91. The zero-order valence-corrected chi connectivity index (χ0v) is 10.6. The summed E-state index contributed by atoms with van der Waals surface area (Å²) >= 11 is 0. The van der Waals surface area contributed by atoms with Gasteiger partial charge < -0.3 is 4.90 Å². The molecule has 0 saturated heterocycles. The van der Waals surface area contributed by atoms with Crippen LogP contribution in [-0.4, -0.2) is 24.4 Å². The minimum absolute atomic E-state index is 0.310. The van der Waals surface area contributed by atoms with E-state index in [9.17, 15) is 4.79 Å². The lowest BCUT2D eigenvalue weighted by Gasteiger charge is -2.32. The second-order valence-corrected chi connectivity index (χ2v) is 5.21. The van der Waals surface area contributed by atoms with E-state index in [-0.39, 0.29) is 0 Å². The van der Waals surface area contributed by atoms with E-state index in [0.29, 0.717) is 11.8 Å². The van der Waals surface area contributed by atoms with Crippen molar-refractivity contribution in [1.82, 2.24) is 4.90 Å². The fraction of sp³-hybridized carbons (Fsp3) is 0.923. The number of carbonyl (C=O) groups excluding carboxylic acids is 1. The van der Waals surface area contributed by atoms with Crippen LogP contribution >= 0.6 is 0 Å². The quantitative estimate of drug-likeness (QED) is 0.703. The molecule has 0 bridgehead atoms. The number of hydrogen-bond donors (Lipinski definition) is 0. The van der Waals surface area contributed by atoms with Crippen molar-refractivity contribution in [3.63, 3.8) is 0 Å². The largest absolute Gasteiger partial charge is 0.346 e. The smallest absolute Gasteiger partial charge is 0.225 e. The molecule has 0 aliphatic heterocycles. The van der Waals surface area contributed by atoms with Crippen molar-refractivity contribution < 1.29 is 4.79 Å². The minimum atomic E-state index is 0.310. The number of rotatable bonds is 3. The zero-order valence-electron chi connectivity index (χ0n) is 10.6. The van der Waals surface area contributed by atoms with E-state index in [2.05, 4.69) is 13.8 Å². The van der Waals surface area contributed by atoms with Gasteiger partial charge in [-0.2, -0.15) is 0 Å². The molecule has 1 amide bonds. The Kier molecular flexibility index (Phi) is 4.62. The first kappa shape index (κ1) is 12.5. The van der Waals surface area contributed by atoms with Gasteiger partial charge in [-0.3, -0.25) is 4.79 Å². The minimum Gasteiger partial charge on any atom is -0.346 e. The molecule has 1 saturated carbocycles. The summed E-state index contributed by atoms with van der Waals surface area (Å²) in [5.41, 5.74) is 0. The van der Waals surface area contributed by atoms with Crippen LogP contribution in [0.15, 0.2) is 0 Å². The Bertz CT molecular complexity index is 205. The second kappa shape index (κ2) is 5.53. The maximum atomic E-state index is 11.9. The molecule has 0 atom stereocenters. The van der Waals surface area contributed by atoms with Crippen molar-refractivity contribution in [1.29, 1.82) is 0 Å². The standard InChI is InChI=1S/C13H25NO/c1-5-14(4)13(15)12-8-6-11(7-9-12)10(2)3/h10-12H,5-9H2,1-4H3. The summed E-state index contributed by atoms with van der Waals surface area (Å²) in [5, 5.41) is 0. The van der Waals surface area contributed by atoms with Crippen LogP contribution in [0.4, 0.5) is 0 Å². The summed E-state index contributed by atoms with van der Waals surface area (Å²) in [6.07, 6.45) is 4.69. The molecule has 0 aromatic carbocycles. The first-order valence-electron chi connectivity index (χ1n) is 6.31. The van der Waals surface area contributed by atoms with Gasteiger partial charge in [-0.15, -0.1) is 0 Å². The second-order valence-electron chi connectivity index (χ2n) is 5.21. The van der Waals surface area contributed by atoms with Crippen molar-refractivity contribution in [2.24, 2.45) is 17.8 Å². The topological polar surface area (TPSA) is 20.3 Å². The van der Waals surface area contributed by atoms with E-state index >= 15 is 0 Å². The van der Waals surface area contributed by atoms with E-state index in [0.717, 1.165) is 31.2 Å². The molecule has 0 radical (unpaired) electrons. The molecule has 1 rings (SSSR count). The maximum absolute atomic E-state index is 11.9. The van der Waals surface area contributed by atoms with Gasteiger partial charge in [0.1, 0.15) is 0 Å². The lowest BCUT2D eigenvalue weighted by Crippen LogP contribution is -2.35. The van der Waals surface area contributed by atoms with Crippen LogP contribution in [-0.2, 0) is 4.79 Å². The van der Waals surface area contributed by atoms with Crippen molar-refractivity contribution in [2.75, 3.05) is 13.6 Å². The van der Waals surface area contributed by atoms with Crippen LogP contribution in [0.1, 0.15) is 46.5 Å². The highest BCUT2D eigenvalue weighted by Gasteiger charge is 2.28. The predicted molar refractivity (Wildman–Crippen MR) is 63.6 cm³/mol. The molecule has 0 aromatic rings. The van der Waals surface area contributed by atoms with Gasteiger partial charge in [-0.05, 0) is 44.4 Å². The Morgan fingerprint density at radius 1 is 1.27 bits per heavy atom. The fourth-order valence-corrected chi connectivity index (χ4v) is 2.50. The van der Waals surface area contributed by atoms with Crippen LogP contribution in [0.5, 0.6) is 0 Å². The first-order chi connectivity index (χ1) is 7.06. The Hall–Kier alpha value is -0.530. The van der Waals surface area contributed by atoms with Crippen molar-refractivity contribution in [3.8, 4) is 0 Å². The van der Waals surface area contributed by atoms with Crippen molar-refractivity contribution in [3.05, 3.63) is 0 Å². The van der Waals surface area contributed by atoms with Crippen LogP contribution in [0.2, 0.25) is 0 Å². The van der Waals surface area contributed by atoms with Gasteiger partial charge in [0.25, 0.3) is 0 Å². The van der Waals surface area contributed by atoms with Gasteiger partial charge in [0.2, 0.25) is 5.91 Å².